The third-order valence-corrected chi connectivity index (χ3v) is 3.90. The fourth-order valence-electron chi connectivity index (χ4n) is 2.60. The molecule has 26 heavy (non-hydrogen) atoms. The van der Waals surface area contributed by atoms with Crippen molar-refractivity contribution < 1.29 is 9.59 Å². The smallest absolute Gasteiger partial charge is 0.228 e. The standard InChI is InChI=1S/C23H19NO2/c25-22(20-14-8-3-9-15-20)17-21(19-12-6-2-7-13-19)24-23(26)16-18-10-4-1-5-11-18/h1-15,17H,16H2,(H,24,26)/b21-17+. The van der Waals surface area contributed by atoms with Crippen LogP contribution in [0.15, 0.2) is 97.1 Å². The predicted molar refractivity (Wildman–Crippen MR) is 103 cm³/mol. The van der Waals surface area contributed by atoms with Gasteiger partial charge in [0.15, 0.2) is 5.78 Å². The Labute approximate surface area is 153 Å². The summed E-state index contributed by atoms with van der Waals surface area (Å²) in [5, 5.41) is 2.88. The highest BCUT2D eigenvalue weighted by atomic mass is 16.1. The van der Waals surface area contributed by atoms with E-state index < -0.39 is 0 Å². The lowest BCUT2D eigenvalue weighted by Crippen LogP contribution is -2.24. The van der Waals surface area contributed by atoms with Gasteiger partial charge in [0.1, 0.15) is 0 Å². The zero-order chi connectivity index (χ0) is 18.2. The van der Waals surface area contributed by atoms with Crippen LogP contribution >= 0.6 is 0 Å². The molecule has 0 saturated heterocycles. The van der Waals surface area contributed by atoms with Crippen LogP contribution in [0.1, 0.15) is 21.5 Å². The molecule has 0 bridgehead atoms. The molecule has 0 saturated carbocycles. The molecule has 1 N–H and O–H groups in total. The van der Waals surface area contributed by atoms with E-state index in [1.54, 1.807) is 12.1 Å². The van der Waals surface area contributed by atoms with Crippen LogP contribution in [0, 0.1) is 0 Å². The van der Waals surface area contributed by atoms with Crippen molar-refractivity contribution in [3.8, 4) is 0 Å². The average molecular weight is 341 g/mol. The minimum atomic E-state index is -0.160. The largest absolute Gasteiger partial charge is 0.325 e. The van der Waals surface area contributed by atoms with E-state index in [9.17, 15) is 9.59 Å². The molecular formula is C23H19NO2. The van der Waals surface area contributed by atoms with Crippen molar-refractivity contribution in [3.63, 3.8) is 0 Å². The van der Waals surface area contributed by atoms with Gasteiger partial charge in [0.05, 0.1) is 12.1 Å². The normalized spacial score (nSPS) is 11.0. The zero-order valence-corrected chi connectivity index (χ0v) is 14.3. The first-order chi connectivity index (χ1) is 12.7. The van der Waals surface area contributed by atoms with Crippen molar-refractivity contribution >= 4 is 17.4 Å². The van der Waals surface area contributed by atoms with Gasteiger partial charge in [-0.15, -0.1) is 0 Å². The van der Waals surface area contributed by atoms with Gasteiger partial charge in [-0.05, 0) is 11.1 Å². The SMILES string of the molecule is O=C(Cc1ccccc1)N/C(=C/C(=O)c1ccccc1)c1ccccc1. The summed E-state index contributed by atoms with van der Waals surface area (Å²) in [4.78, 5) is 25.0. The highest BCUT2D eigenvalue weighted by Crippen LogP contribution is 2.14. The fourth-order valence-corrected chi connectivity index (χ4v) is 2.60. The monoisotopic (exact) mass is 341 g/mol. The number of ketones is 1. The maximum atomic E-state index is 12.5. The van der Waals surface area contributed by atoms with Gasteiger partial charge in [-0.2, -0.15) is 0 Å². The van der Waals surface area contributed by atoms with Crippen molar-refractivity contribution in [2.24, 2.45) is 0 Å². The number of carbonyl (C=O) groups is 2. The van der Waals surface area contributed by atoms with E-state index in [1.165, 1.54) is 6.08 Å². The topological polar surface area (TPSA) is 46.2 Å². The summed E-state index contributed by atoms with van der Waals surface area (Å²) in [5.74, 6) is -0.309. The summed E-state index contributed by atoms with van der Waals surface area (Å²) in [6.45, 7) is 0. The molecule has 3 heteroatoms. The highest BCUT2D eigenvalue weighted by molar-refractivity contribution is 6.09. The Balaban J connectivity index is 1.83. The number of allylic oxidation sites excluding steroid dienone is 1. The van der Waals surface area contributed by atoms with Crippen molar-refractivity contribution in [1.29, 1.82) is 0 Å². The average Bonchev–Trinajstić information content (AvgIpc) is 2.69. The number of benzene rings is 3. The number of hydrogen-bond acceptors (Lipinski definition) is 2. The maximum Gasteiger partial charge on any atom is 0.228 e. The van der Waals surface area contributed by atoms with E-state index in [0.29, 0.717) is 11.3 Å². The molecule has 0 unspecified atom stereocenters. The summed E-state index contributed by atoms with van der Waals surface area (Å²) in [7, 11) is 0. The molecule has 0 aliphatic rings. The van der Waals surface area contributed by atoms with Crippen molar-refractivity contribution in [2.45, 2.75) is 6.42 Å². The highest BCUT2D eigenvalue weighted by Gasteiger charge is 2.11. The van der Waals surface area contributed by atoms with Crippen molar-refractivity contribution in [2.75, 3.05) is 0 Å². The lowest BCUT2D eigenvalue weighted by atomic mass is 10.1. The molecule has 0 spiro atoms. The lowest BCUT2D eigenvalue weighted by Gasteiger charge is -2.10. The van der Waals surface area contributed by atoms with E-state index >= 15 is 0 Å². The molecule has 3 nitrogen and oxygen atoms in total. The van der Waals surface area contributed by atoms with E-state index in [0.717, 1.165) is 11.1 Å². The minimum absolute atomic E-state index is 0.149. The molecule has 0 aromatic heterocycles. The summed E-state index contributed by atoms with van der Waals surface area (Å²) in [6, 6.07) is 27.9. The van der Waals surface area contributed by atoms with E-state index in [-0.39, 0.29) is 18.1 Å². The van der Waals surface area contributed by atoms with E-state index in [2.05, 4.69) is 5.32 Å². The Morgan fingerprint density at radius 3 is 1.77 bits per heavy atom. The summed E-state index contributed by atoms with van der Waals surface area (Å²) < 4.78 is 0. The first kappa shape index (κ1) is 17.4. The molecule has 0 atom stereocenters. The Morgan fingerprint density at radius 2 is 1.19 bits per heavy atom. The molecule has 0 radical (unpaired) electrons. The molecule has 0 fully saturated rings. The second-order valence-corrected chi connectivity index (χ2v) is 5.86. The van der Waals surface area contributed by atoms with Gasteiger partial charge in [-0.25, -0.2) is 0 Å². The number of amides is 1. The van der Waals surface area contributed by atoms with Crippen LogP contribution in [0.4, 0.5) is 0 Å². The Morgan fingerprint density at radius 1 is 0.692 bits per heavy atom. The second-order valence-electron chi connectivity index (χ2n) is 5.86. The quantitative estimate of drug-likeness (QED) is 0.538. The molecule has 3 rings (SSSR count). The van der Waals surface area contributed by atoms with Crippen LogP contribution in [0.5, 0.6) is 0 Å². The Bertz CT molecular complexity index is 901. The van der Waals surface area contributed by atoms with Crippen LogP contribution in [-0.2, 0) is 11.2 Å². The molecule has 3 aromatic carbocycles. The summed E-state index contributed by atoms with van der Waals surface area (Å²) >= 11 is 0. The number of carbonyl (C=O) groups excluding carboxylic acids is 2. The number of nitrogens with one attached hydrogen (secondary N) is 1. The van der Waals surface area contributed by atoms with Gasteiger partial charge < -0.3 is 5.32 Å². The van der Waals surface area contributed by atoms with Crippen LogP contribution in [-0.4, -0.2) is 11.7 Å². The molecule has 0 heterocycles. The number of rotatable bonds is 6. The first-order valence-corrected chi connectivity index (χ1v) is 8.42. The predicted octanol–water partition coefficient (Wildman–Crippen LogP) is 4.27. The third kappa shape index (κ3) is 4.77. The Hall–Kier alpha value is -3.46. The third-order valence-electron chi connectivity index (χ3n) is 3.90. The van der Waals surface area contributed by atoms with Gasteiger partial charge in [0.2, 0.25) is 5.91 Å². The summed E-state index contributed by atoms with van der Waals surface area (Å²) in [5.41, 5.74) is 2.80. The van der Waals surface area contributed by atoms with Crippen LogP contribution in [0.3, 0.4) is 0 Å². The van der Waals surface area contributed by atoms with Gasteiger partial charge in [0, 0.05) is 11.6 Å². The zero-order valence-electron chi connectivity index (χ0n) is 14.3. The van der Waals surface area contributed by atoms with Gasteiger partial charge >= 0.3 is 0 Å². The van der Waals surface area contributed by atoms with Gasteiger partial charge in [-0.1, -0.05) is 91.0 Å². The molecule has 0 aliphatic carbocycles. The van der Waals surface area contributed by atoms with Crippen LogP contribution < -0.4 is 5.32 Å². The lowest BCUT2D eigenvalue weighted by molar-refractivity contribution is -0.119. The van der Waals surface area contributed by atoms with Crippen molar-refractivity contribution in [3.05, 3.63) is 114 Å². The van der Waals surface area contributed by atoms with Gasteiger partial charge in [-0.3, -0.25) is 9.59 Å². The second kappa shape index (κ2) is 8.58. The van der Waals surface area contributed by atoms with Crippen LogP contribution in [0.2, 0.25) is 0 Å². The molecule has 128 valence electrons. The minimum Gasteiger partial charge on any atom is -0.325 e. The molecule has 0 aliphatic heterocycles. The van der Waals surface area contributed by atoms with Gasteiger partial charge in [0.25, 0.3) is 0 Å². The van der Waals surface area contributed by atoms with E-state index in [1.807, 2.05) is 78.9 Å². The van der Waals surface area contributed by atoms with Crippen LogP contribution in [0.25, 0.3) is 5.70 Å². The first-order valence-electron chi connectivity index (χ1n) is 8.42. The molecule has 3 aromatic rings. The number of hydrogen-bond donors (Lipinski definition) is 1. The Kier molecular flexibility index (Phi) is 5.73. The van der Waals surface area contributed by atoms with E-state index in [4.69, 9.17) is 0 Å². The maximum absolute atomic E-state index is 12.5. The molecular weight excluding hydrogens is 322 g/mol. The summed E-state index contributed by atoms with van der Waals surface area (Å²) in [6.07, 6.45) is 1.73. The fraction of sp³-hybridized carbons (Fsp3) is 0.0435. The van der Waals surface area contributed by atoms with Crippen molar-refractivity contribution in [1.82, 2.24) is 5.32 Å². The molecule has 1 amide bonds.